The minimum absolute atomic E-state index is 0.0569. The Morgan fingerprint density at radius 3 is 1.77 bits per heavy atom. The van der Waals surface area contributed by atoms with Gasteiger partial charge in [0.2, 0.25) is 0 Å². The van der Waals surface area contributed by atoms with E-state index in [1.165, 1.54) is 0 Å². The van der Waals surface area contributed by atoms with Crippen LogP contribution in [0.2, 0.25) is 0 Å². The van der Waals surface area contributed by atoms with Gasteiger partial charge in [-0.1, -0.05) is 127 Å². The van der Waals surface area contributed by atoms with Crippen molar-refractivity contribution in [1.29, 1.82) is 0 Å². The van der Waals surface area contributed by atoms with E-state index in [1.807, 2.05) is 91.0 Å². The fraction of sp³-hybridized carbons (Fsp3) is 0. The van der Waals surface area contributed by atoms with Crippen molar-refractivity contribution < 1.29 is 19.5 Å². The van der Waals surface area contributed by atoms with E-state index in [9.17, 15) is 2.74 Å². The quantitative estimate of drug-likeness (QED) is 0.197. The molecule has 0 fully saturated rings. The molecule has 9 rings (SSSR count). The molecule has 0 amide bonds. The highest BCUT2D eigenvalue weighted by Gasteiger charge is 2.19. The number of furan rings is 1. The molecule has 1 aromatic heterocycles. The van der Waals surface area contributed by atoms with Crippen molar-refractivity contribution in [2.75, 3.05) is 0 Å². The van der Waals surface area contributed by atoms with E-state index < -0.39 is 72.0 Å². The van der Waals surface area contributed by atoms with Crippen LogP contribution in [0, 0.1) is 0 Å². The van der Waals surface area contributed by atoms with Crippen LogP contribution < -0.4 is 0 Å². The van der Waals surface area contributed by atoms with E-state index in [0.717, 1.165) is 38.3 Å². The second kappa shape index (κ2) is 9.44. The number of rotatable bonds is 3. The Morgan fingerprint density at radius 1 is 0.419 bits per heavy atom. The third-order valence-electron chi connectivity index (χ3n) is 8.04. The summed E-state index contributed by atoms with van der Waals surface area (Å²) in [5.74, 6) is 0. The Hall–Kier alpha value is -5.66. The molecular weight excluding hydrogens is 520 g/mol. The molecule has 0 bridgehead atoms. The lowest BCUT2D eigenvalue weighted by Gasteiger charge is -2.19. The van der Waals surface area contributed by atoms with Gasteiger partial charge in [0.1, 0.15) is 11.2 Å². The van der Waals surface area contributed by atoms with Crippen molar-refractivity contribution in [3.63, 3.8) is 0 Å². The topological polar surface area (TPSA) is 13.1 Å². The highest BCUT2D eigenvalue weighted by molar-refractivity contribution is 6.24. The summed E-state index contributed by atoms with van der Waals surface area (Å²) in [6.45, 7) is 0. The van der Waals surface area contributed by atoms with E-state index in [0.29, 0.717) is 21.9 Å². The van der Waals surface area contributed by atoms with Crippen molar-refractivity contribution in [2.45, 2.75) is 0 Å². The van der Waals surface area contributed by atoms with Crippen LogP contribution in [0.5, 0.6) is 0 Å². The first-order valence-corrected chi connectivity index (χ1v) is 13.9. The summed E-state index contributed by atoms with van der Waals surface area (Å²) in [5.41, 5.74) is 2.98. The number of hydrogen-bond donors (Lipinski definition) is 0. The second-order valence-corrected chi connectivity index (χ2v) is 10.4. The lowest BCUT2D eigenvalue weighted by atomic mass is 9.83. The standard InChI is InChI=1S/C42H26O/c1-2-12-27(13-3-1)30-24-28-14-4-5-15-31(28)38(25-30)42-36-19-8-6-17-34(36)41(35-18-7-9-20-37(35)42)29-22-23-33-32-16-10-11-21-39(32)43-40(33)26-29/h1-26H/i1D,2D,3D,4D,5D,12D,13D,14D,15D,24D,25D. The lowest BCUT2D eigenvalue weighted by Crippen LogP contribution is -1.92. The Balaban J connectivity index is 1.49. The molecular formula is C42H26O. The number of fused-ring (bicyclic) bond motifs is 6. The van der Waals surface area contributed by atoms with Crippen LogP contribution in [-0.4, -0.2) is 0 Å². The monoisotopic (exact) mass is 557 g/mol. The van der Waals surface area contributed by atoms with Crippen LogP contribution in [0.25, 0.3) is 87.6 Å². The van der Waals surface area contributed by atoms with Crippen molar-refractivity contribution in [2.24, 2.45) is 0 Å². The molecule has 8 aromatic carbocycles. The molecule has 0 aliphatic rings. The Bertz CT molecular complexity index is 3040. The van der Waals surface area contributed by atoms with Crippen molar-refractivity contribution in [3.8, 4) is 33.4 Å². The van der Waals surface area contributed by atoms with Gasteiger partial charge in [0.25, 0.3) is 0 Å². The largest absolute Gasteiger partial charge is 0.456 e. The first kappa shape index (κ1) is 15.5. The van der Waals surface area contributed by atoms with Gasteiger partial charge in [0, 0.05) is 10.8 Å². The van der Waals surface area contributed by atoms with Crippen molar-refractivity contribution in [3.05, 3.63) is 157 Å². The average molecular weight is 558 g/mol. The van der Waals surface area contributed by atoms with Gasteiger partial charge in [-0.3, -0.25) is 0 Å². The van der Waals surface area contributed by atoms with Crippen LogP contribution in [0.1, 0.15) is 15.1 Å². The van der Waals surface area contributed by atoms with Gasteiger partial charge < -0.3 is 4.42 Å². The van der Waals surface area contributed by atoms with Gasteiger partial charge in [0.05, 0.1) is 15.1 Å². The van der Waals surface area contributed by atoms with Gasteiger partial charge in [-0.2, -0.15) is 0 Å². The second-order valence-electron chi connectivity index (χ2n) is 10.4. The molecule has 0 saturated heterocycles. The summed E-state index contributed by atoms with van der Waals surface area (Å²) in [6, 6.07) is 22.7. The maximum atomic E-state index is 9.81. The van der Waals surface area contributed by atoms with Gasteiger partial charge in [-0.15, -0.1) is 0 Å². The first-order valence-electron chi connectivity index (χ1n) is 19.4. The molecule has 0 N–H and O–H groups in total. The van der Waals surface area contributed by atoms with E-state index in [2.05, 4.69) is 0 Å². The van der Waals surface area contributed by atoms with Crippen molar-refractivity contribution in [1.82, 2.24) is 0 Å². The summed E-state index contributed by atoms with van der Waals surface area (Å²) in [4.78, 5) is 0. The van der Waals surface area contributed by atoms with Gasteiger partial charge >= 0.3 is 0 Å². The zero-order chi connectivity index (χ0) is 37.9. The lowest BCUT2D eigenvalue weighted by molar-refractivity contribution is 0.669. The molecule has 0 spiro atoms. The predicted molar refractivity (Wildman–Crippen MR) is 183 cm³/mol. The third kappa shape index (κ3) is 3.72. The maximum Gasteiger partial charge on any atom is 0.136 e. The van der Waals surface area contributed by atoms with Gasteiger partial charge in [0.15, 0.2) is 0 Å². The normalized spacial score (nSPS) is 15.3. The maximum absolute atomic E-state index is 9.81. The Morgan fingerprint density at radius 2 is 1.02 bits per heavy atom. The van der Waals surface area contributed by atoms with Gasteiger partial charge in [-0.05, 0) is 96.0 Å². The molecule has 1 nitrogen and oxygen atoms in total. The smallest absolute Gasteiger partial charge is 0.136 e. The van der Waals surface area contributed by atoms with Crippen LogP contribution in [-0.2, 0) is 0 Å². The fourth-order valence-electron chi connectivity index (χ4n) is 6.22. The molecule has 0 saturated carbocycles. The predicted octanol–water partition coefficient (Wildman–Crippen LogP) is 12.0. The molecule has 0 atom stereocenters. The van der Waals surface area contributed by atoms with E-state index >= 15 is 0 Å². The molecule has 0 radical (unpaired) electrons. The summed E-state index contributed by atoms with van der Waals surface area (Å²) < 4.78 is 103. The SMILES string of the molecule is [2H]c1c([2H])c([2H])c(-c2c([2H])c(-c3c4ccccc4c(-c4ccc5c(c4)oc4ccccc45)c4ccccc34)c3c([2H])c([2H])c([2H])c([2H])c3c2[2H])c([2H])c1[2H]. The van der Waals surface area contributed by atoms with Crippen LogP contribution in [0.4, 0.5) is 0 Å². The van der Waals surface area contributed by atoms with Crippen LogP contribution in [0.15, 0.2) is 162 Å². The number of para-hydroxylation sites is 1. The van der Waals surface area contributed by atoms with Crippen LogP contribution in [0.3, 0.4) is 0 Å². The fourth-order valence-corrected chi connectivity index (χ4v) is 6.22. The minimum atomic E-state index is -0.650. The van der Waals surface area contributed by atoms with E-state index in [4.69, 9.17) is 16.8 Å². The average Bonchev–Trinajstić information content (AvgIpc) is 3.56. The van der Waals surface area contributed by atoms with E-state index in [1.54, 1.807) is 0 Å². The molecule has 0 unspecified atom stereocenters. The van der Waals surface area contributed by atoms with Crippen LogP contribution >= 0.6 is 0 Å². The molecule has 9 aromatic rings. The van der Waals surface area contributed by atoms with Crippen molar-refractivity contribution >= 4 is 54.3 Å². The number of benzene rings is 8. The highest BCUT2D eigenvalue weighted by Crippen LogP contribution is 2.47. The molecule has 1 heteroatoms. The molecule has 0 aliphatic carbocycles. The zero-order valence-corrected chi connectivity index (χ0v) is 22.6. The minimum Gasteiger partial charge on any atom is -0.456 e. The Kier molecular flexibility index (Phi) is 3.41. The summed E-state index contributed by atoms with van der Waals surface area (Å²) >= 11 is 0. The number of hydrogen-bond acceptors (Lipinski definition) is 1. The summed E-state index contributed by atoms with van der Waals surface area (Å²) in [7, 11) is 0. The summed E-state index contributed by atoms with van der Waals surface area (Å²) in [5, 5.41) is 4.50. The molecule has 1 heterocycles. The molecule has 43 heavy (non-hydrogen) atoms. The van der Waals surface area contributed by atoms with E-state index in [-0.39, 0.29) is 21.9 Å². The summed E-state index contributed by atoms with van der Waals surface area (Å²) in [6.07, 6.45) is 0. The Labute approximate surface area is 264 Å². The molecule has 0 aliphatic heterocycles. The highest BCUT2D eigenvalue weighted by atomic mass is 16.3. The zero-order valence-electron chi connectivity index (χ0n) is 33.6. The van der Waals surface area contributed by atoms with Gasteiger partial charge in [-0.25, -0.2) is 0 Å². The third-order valence-corrected chi connectivity index (χ3v) is 8.04. The first-order chi connectivity index (χ1) is 25.9. The molecule has 200 valence electrons.